The van der Waals surface area contributed by atoms with Gasteiger partial charge in [-0.2, -0.15) is 0 Å². The van der Waals surface area contributed by atoms with Crippen molar-refractivity contribution in [3.63, 3.8) is 0 Å². The van der Waals surface area contributed by atoms with Gasteiger partial charge < -0.3 is 14.4 Å². The number of rotatable bonds is 6. The summed E-state index contributed by atoms with van der Waals surface area (Å²) in [4.78, 5) is 15.3. The molecule has 26 heavy (non-hydrogen) atoms. The number of ether oxygens (including phenoxy) is 2. The molecule has 1 saturated heterocycles. The van der Waals surface area contributed by atoms with E-state index in [1.165, 1.54) is 0 Å². The number of carbonyl (C=O) groups excluding carboxylic acids is 1. The Morgan fingerprint density at radius 1 is 1.19 bits per heavy atom. The van der Waals surface area contributed by atoms with Crippen LogP contribution in [-0.2, 0) is 4.79 Å². The zero-order chi connectivity index (χ0) is 18.5. The van der Waals surface area contributed by atoms with Crippen LogP contribution in [0.2, 0.25) is 0 Å². The minimum absolute atomic E-state index is 0.0267. The van der Waals surface area contributed by atoms with Gasteiger partial charge in [-0.25, -0.2) is 0 Å². The highest BCUT2D eigenvalue weighted by Crippen LogP contribution is 2.44. The second kappa shape index (κ2) is 8.49. The smallest absolute Gasteiger partial charge is 0.231 e. The highest BCUT2D eigenvalue weighted by molar-refractivity contribution is 7.99. The average Bonchev–Trinajstić information content (AvgIpc) is 3.18. The van der Waals surface area contributed by atoms with Gasteiger partial charge in [0.1, 0.15) is 16.9 Å². The van der Waals surface area contributed by atoms with Crippen LogP contribution in [0.15, 0.2) is 48.5 Å². The standard InChI is InChI=1S/C21H25NO3S/c1-4-17(15-8-6-5-7-9-15)20(23)22-12-13-26-21(22)18-11-10-16(24-2)14-19(18)25-3/h5-11,14,17,21H,4,12-13H2,1-3H3. The van der Waals surface area contributed by atoms with Gasteiger partial charge in [-0.15, -0.1) is 11.8 Å². The van der Waals surface area contributed by atoms with E-state index in [1.54, 1.807) is 26.0 Å². The summed E-state index contributed by atoms with van der Waals surface area (Å²) in [5.74, 6) is 2.52. The Morgan fingerprint density at radius 3 is 2.62 bits per heavy atom. The number of hydrogen-bond acceptors (Lipinski definition) is 4. The lowest BCUT2D eigenvalue weighted by atomic mass is 9.94. The summed E-state index contributed by atoms with van der Waals surface area (Å²) in [5.41, 5.74) is 2.10. The summed E-state index contributed by atoms with van der Waals surface area (Å²) >= 11 is 1.78. The molecule has 4 nitrogen and oxygen atoms in total. The zero-order valence-electron chi connectivity index (χ0n) is 15.5. The van der Waals surface area contributed by atoms with Crippen LogP contribution in [0, 0.1) is 0 Å². The highest BCUT2D eigenvalue weighted by Gasteiger charge is 2.35. The van der Waals surface area contributed by atoms with Crippen molar-refractivity contribution in [2.24, 2.45) is 0 Å². The number of thioether (sulfide) groups is 1. The van der Waals surface area contributed by atoms with E-state index in [-0.39, 0.29) is 17.2 Å². The molecule has 3 rings (SSSR count). The third-order valence-electron chi connectivity index (χ3n) is 4.79. The first-order valence-corrected chi connectivity index (χ1v) is 9.93. The fourth-order valence-electron chi connectivity index (χ4n) is 3.41. The van der Waals surface area contributed by atoms with Crippen molar-refractivity contribution < 1.29 is 14.3 Å². The number of nitrogens with zero attached hydrogens (tertiary/aromatic N) is 1. The molecule has 138 valence electrons. The molecule has 1 aliphatic rings. The van der Waals surface area contributed by atoms with E-state index in [4.69, 9.17) is 9.47 Å². The van der Waals surface area contributed by atoms with Crippen LogP contribution in [0.3, 0.4) is 0 Å². The van der Waals surface area contributed by atoms with Crippen LogP contribution in [0.1, 0.15) is 35.8 Å². The van der Waals surface area contributed by atoms with Crippen LogP contribution in [-0.4, -0.2) is 37.3 Å². The van der Waals surface area contributed by atoms with Gasteiger partial charge in [-0.05, 0) is 24.1 Å². The van der Waals surface area contributed by atoms with Crippen LogP contribution < -0.4 is 9.47 Å². The molecule has 0 aromatic heterocycles. The van der Waals surface area contributed by atoms with Crippen molar-refractivity contribution in [1.29, 1.82) is 0 Å². The van der Waals surface area contributed by atoms with E-state index in [1.807, 2.05) is 53.4 Å². The first-order valence-electron chi connectivity index (χ1n) is 8.88. The topological polar surface area (TPSA) is 38.8 Å². The van der Waals surface area contributed by atoms with Crippen molar-refractivity contribution in [2.75, 3.05) is 26.5 Å². The maximum Gasteiger partial charge on any atom is 0.231 e. The molecule has 5 heteroatoms. The van der Waals surface area contributed by atoms with E-state index in [0.29, 0.717) is 0 Å². The Bertz CT molecular complexity index is 750. The molecule has 1 heterocycles. The molecule has 0 N–H and O–H groups in total. The lowest BCUT2D eigenvalue weighted by Crippen LogP contribution is -2.34. The summed E-state index contributed by atoms with van der Waals surface area (Å²) in [5, 5.41) is -0.0267. The Kier molecular flexibility index (Phi) is 6.09. The molecule has 1 aliphatic heterocycles. The minimum atomic E-state index is -0.110. The Labute approximate surface area is 159 Å². The summed E-state index contributed by atoms with van der Waals surface area (Å²) in [6.45, 7) is 2.83. The van der Waals surface area contributed by atoms with E-state index < -0.39 is 0 Å². The minimum Gasteiger partial charge on any atom is -0.497 e. The Morgan fingerprint density at radius 2 is 1.96 bits per heavy atom. The predicted octanol–water partition coefficient (Wildman–Crippen LogP) is 4.47. The highest BCUT2D eigenvalue weighted by atomic mass is 32.2. The second-order valence-corrected chi connectivity index (χ2v) is 7.42. The summed E-state index contributed by atoms with van der Waals surface area (Å²) in [6.07, 6.45) is 0.788. The van der Waals surface area contributed by atoms with E-state index >= 15 is 0 Å². The third-order valence-corrected chi connectivity index (χ3v) is 6.03. The molecule has 0 spiro atoms. The monoisotopic (exact) mass is 371 g/mol. The van der Waals surface area contributed by atoms with E-state index in [2.05, 4.69) is 6.92 Å². The number of amides is 1. The molecule has 0 bridgehead atoms. The van der Waals surface area contributed by atoms with Crippen LogP contribution in [0.5, 0.6) is 11.5 Å². The molecule has 0 radical (unpaired) electrons. The molecular formula is C21H25NO3S. The third kappa shape index (κ3) is 3.68. The number of hydrogen-bond donors (Lipinski definition) is 0. The molecule has 0 aliphatic carbocycles. The Hall–Kier alpha value is -2.14. The summed E-state index contributed by atoms with van der Waals surface area (Å²) in [6, 6.07) is 15.9. The molecule has 2 aromatic rings. The maximum atomic E-state index is 13.3. The quantitative estimate of drug-likeness (QED) is 0.751. The first-order chi connectivity index (χ1) is 12.7. The van der Waals surface area contributed by atoms with Crippen molar-refractivity contribution in [2.45, 2.75) is 24.6 Å². The summed E-state index contributed by atoms with van der Waals surface area (Å²) < 4.78 is 10.9. The van der Waals surface area contributed by atoms with Crippen LogP contribution >= 0.6 is 11.8 Å². The van der Waals surface area contributed by atoms with Gasteiger partial charge in [-0.1, -0.05) is 37.3 Å². The largest absolute Gasteiger partial charge is 0.497 e. The van der Waals surface area contributed by atoms with Gasteiger partial charge >= 0.3 is 0 Å². The van der Waals surface area contributed by atoms with E-state index in [9.17, 15) is 4.79 Å². The molecule has 1 amide bonds. The second-order valence-electron chi connectivity index (χ2n) is 6.23. The molecular weight excluding hydrogens is 346 g/mol. The normalized spacial score (nSPS) is 17.8. The number of carbonyl (C=O) groups is 1. The van der Waals surface area contributed by atoms with Gasteiger partial charge in [0.2, 0.25) is 5.91 Å². The average molecular weight is 372 g/mol. The fraction of sp³-hybridized carbons (Fsp3) is 0.381. The molecule has 1 fully saturated rings. The van der Waals surface area contributed by atoms with Gasteiger partial charge in [0.05, 0.1) is 20.1 Å². The molecule has 0 saturated carbocycles. The van der Waals surface area contributed by atoms with Gasteiger partial charge in [0, 0.05) is 23.9 Å². The van der Waals surface area contributed by atoms with Gasteiger partial charge in [0.25, 0.3) is 0 Å². The summed E-state index contributed by atoms with van der Waals surface area (Å²) in [7, 11) is 3.29. The molecule has 2 atom stereocenters. The SMILES string of the molecule is CCC(C(=O)N1CCSC1c1ccc(OC)cc1OC)c1ccccc1. The van der Waals surface area contributed by atoms with Crippen molar-refractivity contribution >= 4 is 17.7 Å². The zero-order valence-corrected chi connectivity index (χ0v) is 16.3. The van der Waals surface area contributed by atoms with Crippen LogP contribution in [0.4, 0.5) is 0 Å². The predicted molar refractivity (Wildman–Crippen MR) is 106 cm³/mol. The number of methoxy groups -OCH3 is 2. The van der Waals surface area contributed by atoms with Gasteiger partial charge in [0.15, 0.2) is 0 Å². The van der Waals surface area contributed by atoms with Gasteiger partial charge in [-0.3, -0.25) is 4.79 Å². The Balaban J connectivity index is 1.89. The molecule has 2 unspecified atom stereocenters. The van der Waals surface area contributed by atoms with Crippen molar-refractivity contribution in [3.8, 4) is 11.5 Å². The molecule has 2 aromatic carbocycles. The van der Waals surface area contributed by atoms with Crippen LogP contribution in [0.25, 0.3) is 0 Å². The fourth-order valence-corrected chi connectivity index (χ4v) is 4.70. The number of benzene rings is 2. The maximum absolute atomic E-state index is 13.3. The van der Waals surface area contributed by atoms with Crippen molar-refractivity contribution in [3.05, 3.63) is 59.7 Å². The van der Waals surface area contributed by atoms with Crippen molar-refractivity contribution in [1.82, 2.24) is 4.90 Å². The lowest BCUT2D eigenvalue weighted by molar-refractivity contribution is -0.133. The van der Waals surface area contributed by atoms with E-state index in [0.717, 1.165) is 41.3 Å². The first kappa shape index (κ1) is 18.6. The lowest BCUT2D eigenvalue weighted by Gasteiger charge is -2.29.